The average Bonchev–Trinajstić information content (AvgIpc) is 2.99. The van der Waals surface area contributed by atoms with E-state index in [9.17, 15) is 0 Å². The average molecular weight is 343 g/mol. The Morgan fingerprint density at radius 1 is 1.04 bits per heavy atom. The van der Waals surface area contributed by atoms with Crippen molar-refractivity contribution in [2.45, 2.75) is 13.1 Å². The highest BCUT2D eigenvalue weighted by Crippen LogP contribution is 2.20. The molecule has 5 nitrogen and oxygen atoms in total. The van der Waals surface area contributed by atoms with Gasteiger partial charge in [-0.05, 0) is 17.7 Å². The summed E-state index contributed by atoms with van der Waals surface area (Å²) in [4.78, 5) is 1.68. The van der Waals surface area contributed by atoms with Gasteiger partial charge in [-0.3, -0.25) is 0 Å². The molecule has 0 saturated carbocycles. The normalized spacial score (nSPS) is 10.9. The lowest BCUT2D eigenvalue weighted by atomic mass is 10.1. The van der Waals surface area contributed by atoms with Gasteiger partial charge in [0.15, 0.2) is 0 Å². The monoisotopic (exact) mass is 342 g/mol. The highest BCUT2D eigenvalue weighted by atomic mass is 35.5. The number of rotatable bonds is 7. The largest absolute Gasteiger partial charge is 0.395 e. The lowest BCUT2D eigenvalue weighted by molar-refractivity contribution is 0.291. The van der Waals surface area contributed by atoms with Gasteiger partial charge in [-0.25, -0.2) is 0 Å². The van der Waals surface area contributed by atoms with Crippen molar-refractivity contribution in [3.8, 4) is 11.3 Å². The molecule has 0 aliphatic heterocycles. The van der Waals surface area contributed by atoms with E-state index in [2.05, 4.69) is 15.5 Å². The van der Waals surface area contributed by atoms with Crippen LogP contribution in [0.25, 0.3) is 11.3 Å². The summed E-state index contributed by atoms with van der Waals surface area (Å²) in [6.07, 6.45) is 0. The molecule has 0 atom stereocenters. The third-order valence-electron chi connectivity index (χ3n) is 3.57. The molecule has 0 radical (unpaired) electrons. The van der Waals surface area contributed by atoms with E-state index in [0.29, 0.717) is 24.7 Å². The van der Waals surface area contributed by atoms with E-state index in [1.54, 1.807) is 4.80 Å². The lowest BCUT2D eigenvalue weighted by Crippen LogP contribution is -2.18. The fraction of sp³-hybridized carbons (Fsp3) is 0.222. The molecule has 3 aromatic rings. The van der Waals surface area contributed by atoms with Gasteiger partial charge < -0.3 is 10.4 Å². The number of halogens is 1. The van der Waals surface area contributed by atoms with Crippen LogP contribution in [-0.2, 0) is 13.1 Å². The maximum atomic E-state index is 8.94. The molecule has 0 bridgehead atoms. The Kier molecular flexibility index (Phi) is 5.59. The zero-order chi connectivity index (χ0) is 16.8. The first-order valence-corrected chi connectivity index (χ1v) is 8.19. The van der Waals surface area contributed by atoms with E-state index in [1.807, 2.05) is 54.6 Å². The van der Waals surface area contributed by atoms with Crippen LogP contribution in [0, 0.1) is 0 Å². The number of hydrogen-bond acceptors (Lipinski definition) is 4. The first kappa shape index (κ1) is 16.6. The highest BCUT2D eigenvalue weighted by molar-refractivity contribution is 6.30. The molecule has 3 rings (SSSR count). The molecule has 2 aromatic carbocycles. The van der Waals surface area contributed by atoms with E-state index >= 15 is 0 Å². The Balaban J connectivity index is 1.87. The van der Waals surface area contributed by atoms with E-state index in [-0.39, 0.29) is 6.61 Å². The zero-order valence-electron chi connectivity index (χ0n) is 13.2. The Labute approximate surface area is 145 Å². The SMILES string of the molecule is OCCNCc1nn(Cc2cccc(Cl)c2)nc1-c1ccccc1. The maximum Gasteiger partial charge on any atom is 0.117 e. The van der Waals surface area contributed by atoms with Crippen LogP contribution in [0.5, 0.6) is 0 Å². The summed E-state index contributed by atoms with van der Waals surface area (Å²) in [6.45, 7) is 1.73. The molecule has 1 aromatic heterocycles. The fourth-order valence-electron chi connectivity index (χ4n) is 2.48. The van der Waals surface area contributed by atoms with Gasteiger partial charge in [-0.1, -0.05) is 54.1 Å². The second-order valence-electron chi connectivity index (χ2n) is 5.42. The molecule has 0 aliphatic rings. The first-order valence-electron chi connectivity index (χ1n) is 7.81. The van der Waals surface area contributed by atoms with Crippen LogP contribution in [0.2, 0.25) is 5.02 Å². The molecule has 0 fully saturated rings. The van der Waals surface area contributed by atoms with Crippen molar-refractivity contribution < 1.29 is 5.11 Å². The smallest absolute Gasteiger partial charge is 0.117 e. The standard InChI is InChI=1S/C18H19ClN4O/c19-16-8-4-5-14(11-16)13-23-21-17(12-20-9-10-24)18(22-23)15-6-2-1-3-7-15/h1-8,11,20,24H,9-10,12-13H2. The van der Waals surface area contributed by atoms with Gasteiger partial charge in [0.05, 0.1) is 13.2 Å². The molecule has 124 valence electrons. The van der Waals surface area contributed by atoms with Crippen LogP contribution in [0.4, 0.5) is 0 Å². The van der Waals surface area contributed by atoms with Gasteiger partial charge in [-0.15, -0.1) is 0 Å². The highest BCUT2D eigenvalue weighted by Gasteiger charge is 2.13. The van der Waals surface area contributed by atoms with Gasteiger partial charge in [0.25, 0.3) is 0 Å². The molecular weight excluding hydrogens is 324 g/mol. The van der Waals surface area contributed by atoms with Crippen LogP contribution in [0.15, 0.2) is 54.6 Å². The number of aliphatic hydroxyl groups excluding tert-OH is 1. The summed E-state index contributed by atoms with van der Waals surface area (Å²) in [5.74, 6) is 0. The molecule has 2 N–H and O–H groups in total. The molecule has 1 heterocycles. The molecular formula is C18H19ClN4O. The van der Waals surface area contributed by atoms with Crippen molar-refractivity contribution in [1.82, 2.24) is 20.3 Å². The minimum atomic E-state index is 0.0946. The second-order valence-corrected chi connectivity index (χ2v) is 5.86. The number of aromatic nitrogens is 3. The second kappa shape index (κ2) is 8.06. The van der Waals surface area contributed by atoms with E-state index in [4.69, 9.17) is 16.7 Å². The predicted octanol–water partition coefficient (Wildman–Crippen LogP) is 2.73. The van der Waals surface area contributed by atoms with Crippen molar-refractivity contribution >= 4 is 11.6 Å². The number of nitrogens with one attached hydrogen (secondary N) is 1. The van der Waals surface area contributed by atoms with Crippen molar-refractivity contribution in [2.24, 2.45) is 0 Å². The minimum Gasteiger partial charge on any atom is -0.395 e. The molecule has 0 unspecified atom stereocenters. The first-order chi connectivity index (χ1) is 11.8. The molecule has 0 aliphatic carbocycles. The van der Waals surface area contributed by atoms with Crippen molar-refractivity contribution in [2.75, 3.05) is 13.2 Å². The van der Waals surface area contributed by atoms with Gasteiger partial charge in [0.1, 0.15) is 11.4 Å². The van der Waals surface area contributed by atoms with E-state index in [1.165, 1.54) is 0 Å². The topological polar surface area (TPSA) is 63.0 Å². The Hall–Kier alpha value is -2.21. The van der Waals surface area contributed by atoms with Gasteiger partial charge in [-0.2, -0.15) is 15.0 Å². The molecule has 24 heavy (non-hydrogen) atoms. The van der Waals surface area contributed by atoms with Crippen LogP contribution < -0.4 is 5.32 Å². The molecule has 0 saturated heterocycles. The Morgan fingerprint density at radius 3 is 2.62 bits per heavy atom. The number of benzene rings is 2. The van der Waals surface area contributed by atoms with E-state index in [0.717, 1.165) is 22.5 Å². The van der Waals surface area contributed by atoms with Crippen molar-refractivity contribution in [3.63, 3.8) is 0 Å². The third-order valence-corrected chi connectivity index (χ3v) is 3.80. The van der Waals surface area contributed by atoms with Crippen LogP contribution >= 0.6 is 11.6 Å². The van der Waals surface area contributed by atoms with Gasteiger partial charge in [0.2, 0.25) is 0 Å². The Bertz CT molecular complexity index is 789. The fourth-order valence-corrected chi connectivity index (χ4v) is 2.69. The summed E-state index contributed by atoms with van der Waals surface area (Å²) < 4.78 is 0. The van der Waals surface area contributed by atoms with Crippen LogP contribution in [0.1, 0.15) is 11.3 Å². The number of nitrogens with zero attached hydrogens (tertiary/aromatic N) is 3. The van der Waals surface area contributed by atoms with Crippen LogP contribution in [0.3, 0.4) is 0 Å². The summed E-state index contributed by atoms with van der Waals surface area (Å²) in [5, 5.41) is 22.0. The molecule has 6 heteroatoms. The summed E-state index contributed by atoms with van der Waals surface area (Å²) >= 11 is 6.04. The molecule has 0 spiro atoms. The van der Waals surface area contributed by atoms with E-state index < -0.39 is 0 Å². The van der Waals surface area contributed by atoms with Crippen molar-refractivity contribution in [1.29, 1.82) is 0 Å². The zero-order valence-corrected chi connectivity index (χ0v) is 13.9. The third kappa shape index (κ3) is 4.20. The van der Waals surface area contributed by atoms with Gasteiger partial charge >= 0.3 is 0 Å². The van der Waals surface area contributed by atoms with Crippen molar-refractivity contribution in [3.05, 3.63) is 70.9 Å². The molecule has 0 amide bonds. The quantitative estimate of drug-likeness (QED) is 0.648. The predicted molar refractivity (Wildman–Crippen MR) is 94.8 cm³/mol. The van der Waals surface area contributed by atoms with Gasteiger partial charge in [0, 0.05) is 23.7 Å². The Morgan fingerprint density at radius 2 is 1.88 bits per heavy atom. The summed E-state index contributed by atoms with van der Waals surface area (Å²) in [5.41, 5.74) is 3.78. The minimum absolute atomic E-state index is 0.0946. The maximum absolute atomic E-state index is 8.94. The van der Waals surface area contributed by atoms with Crippen LogP contribution in [-0.4, -0.2) is 33.3 Å². The lowest BCUT2D eigenvalue weighted by Gasteiger charge is -2.01. The number of hydrogen-bond donors (Lipinski definition) is 2. The summed E-state index contributed by atoms with van der Waals surface area (Å²) in [7, 11) is 0. The summed E-state index contributed by atoms with van der Waals surface area (Å²) in [6, 6.07) is 17.7. The number of aliphatic hydroxyl groups is 1.